The smallest absolute Gasteiger partial charge is 0.227 e. The van der Waals surface area contributed by atoms with Gasteiger partial charge in [-0.1, -0.05) is 0 Å². The van der Waals surface area contributed by atoms with Gasteiger partial charge in [0.25, 0.3) is 0 Å². The molecule has 23 heavy (non-hydrogen) atoms. The normalized spacial score (nSPS) is 15.9. The monoisotopic (exact) mass is 344 g/mol. The Morgan fingerprint density at radius 1 is 1.13 bits per heavy atom. The number of fused-ring (bicyclic) bond motifs is 1. The molecule has 118 valence electrons. The van der Waals surface area contributed by atoms with Crippen molar-refractivity contribution in [2.75, 3.05) is 34.8 Å². The third-order valence-corrected chi connectivity index (χ3v) is 5.99. The van der Waals surface area contributed by atoms with Crippen LogP contribution in [0.1, 0.15) is 0 Å². The first-order chi connectivity index (χ1) is 11.3. The molecule has 0 spiro atoms. The zero-order valence-corrected chi connectivity index (χ0v) is 14.1. The summed E-state index contributed by atoms with van der Waals surface area (Å²) in [6.07, 6.45) is 1.84. The first kappa shape index (κ1) is 14.6. The van der Waals surface area contributed by atoms with Gasteiger partial charge >= 0.3 is 0 Å². The maximum atomic E-state index is 11.4. The number of hydrogen-bond acceptors (Lipinski definition) is 6. The van der Waals surface area contributed by atoms with E-state index in [2.05, 4.69) is 32.3 Å². The third kappa shape index (κ3) is 3.20. The van der Waals surface area contributed by atoms with E-state index in [9.17, 15) is 4.21 Å². The molecule has 0 unspecified atom stereocenters. The maximum absolute atomic E-state index is 11.4. The fourth-order valence-electron chi connectivity index (χ4n) is 2.61. The van der Waals surface area contributed by atoms with Gasteiger partial charge in [0.2, 0.25) is 5.95 Å². The lowest BCUT2D eigenvalue weighted by atomic mass is 10.2. The summed E-state index contributed by atoms with van der Waals surface area (Å²) in [5, 5.41) is 5.26. The molecular weight excluding hydrogens is 328 g/mol. The predicted molar refractivity (Wildman–Crippen MR) is 97.2 cm³/mol. The summed E-state index contributed by atoms with van der Waals surface area (Å²) in [6, 6.07) is 10.2. The van der Waals surface area contributed by atoms with Crippen LogP contribution < -0.4 is 10.2 Å². The number of hydrogen-bond donors (Lipinski definition) is 1. The number of anilines is 3. The Balaban J connectivity index is 1.48. The van der Waals surface area contributed by atoms with Gasteiger partial charge in [-0.15, -0.1) is 11.3 Å². The molecule has 0 atom stereocenters. The van der Waals surface area contributed by atoms with Crippen molar-refractivity contribution >= 4 is 49.7 Å². The highest BCUT2D eigenvalue weighted by molar-refractivity contribution is 7.85. The second-order valence-corrected chi connectivity index (χ2v) is 8.01. The van der Waals surface area contributed by atoms with Crippen LogP contribution in [0, 0.1) is 0 Å². The molecule has 5 nitrogen and oxygen atoms in total. The Hall–Kier alpha value is -1.99. The topological polar surface area (TPSA) is 58.1 Å². The van der Waals surface area contributed by atoms with E-state index >= 15 is 0 Å². The van der Waals surface area contributed by atoms with Crippen LogP contribution in [0.25, 0.3) is 10.2 Å². The first-order valence-electron chi connectivity index (χ1n) is 7.45. The number of benzene rings is 1. The van der Waals surface area contributed by atoms with Crippen LogP contribution in [0.5, 0.6) is 0 Å². The number of aromatic nitrogens is 2. The van der Waals surface area contributed by atoms with Crippen LogP contribution in [0.4, 0.5) is 17.3 Å². The molecule has 1 aliphatic rings. The van der Waals surface area contributed by atoms with Crippen molar-refractivity contribution in [3.63, 3.8) is 0 Å². The number of thiophene rings is 1. The quantitative estimate of drug-likeness (QED) is 0.791. The predicted octanol–water partition coefficient (Wildman–Crippen LogP) is 3.00. The molecule has 0 saturated carbocycles. The number of rotatable bonds is 3. The van der Waals surface area contributed by atoms with E-state index in [4.69, 9.17) is 0 Å². The molecule has 0 radical (unpaired) electrons. The third-order valence-electron chi connectivity index (χ3n) is 3.87. The summed E-state index contributed by atoms with van der Waals surface area (Å²) in [4.78, 5) is 11.1. The summed E-state index contributed by atoms with van der Waals surface area (Å²) in [6.45, 7) is 1.72. The lowest BCUT2D eigenvalue weighted by molar-refractivity contribution is 0.673. The zero-order valence-electron chi connectivity index (χ0n) is 12.4. The van der Waals surface area contributed by atoms with Crippen molar-refractivity contribution in [1.29, 1.82) is 0 Å². The van der Waals surface area contributed by atoms with E-state index in [1.165, 1.54) is 5.69 Å². The molecule has 3 heterocycles. The molecule has 4 rings (SSSR count). The van der Waals surface area contributed by atoms with Crippen molar-refractivity contribution in [3.8, 4) is 0 Å². The number of nitrogens with one attached hydrogen (secondary N) is 1. The Morgan fingerprint density at radius 2 is 1.91 bits per heavy atom. The van der Waals surface area contributed by atoms with Crippen molar-refractivity contribution in [1.82, 2.24) is 9.97 Å². The Kier molecular flexibility index (Phi) is 3.97. The van der Waals surface area contributed by atoms with Crippen molar-refractivity contribution in [2.45, 2.75) is 0 Å². The minimum atomic E-state index is -0.644. The average molecular weight is 344 g/mol. The van der Waals surface area contributed by atoms with Crippen molar-refractivity contribution in [2.24, 2.45) is 0 Å². The van der Waals surface area contributed by atoms with Gasteiger partial charge in [0.05, 0.1) is 16.4 Å². The van der Waals surface area contributed by atoms with Gasteiger partial charge in [-0.25, -0.2) is 9.97 Å². The molecule has 0 bridgehead atoms. The Morgan fingerprint density at radius 3 is 2.70 bits per heavy atom. The van der Waals surface area contributed by atoms with E-state index in [0.717, 1.165) is 40.5 Å². The molecule has 3 aromatic rings. The lowest BCUT2D eigenvalue weighted by Crippen LogP contribution is -2.37. The molecule has 7 heteroatoms. The van der Waals surface area contributed by atoms with Gasteiger partial charge in [0.1, 0.15) is 0 Å². The molecule has 1 aliphatic heterocycles. The van der Waals surface area contributed by atoms with E-state index in [-0.39, 0.29) is 0 Å². The standard InChI is InChI=1S/C16H16N4OS2/c21-23-9-6-20(7-10-23)13-3-1-12(2-4-13)18-16-17-11-15-14(19-16)5-8-22-15/h1-5,8,11H,6-7,9-10H2,(H,17,18,19). The highest BCUT2D eigenvalue weighted by Gasteiger charge is 2.15. The molecule has 2 aromatic heterocycles. The van der Waals surface area contributed by atoms with E-state index < -0.39 is 10.8 Å². The van der Waals surface area contributed by atoms with Gasteiger partial charge in [0.15, 0.2) is 0 Å². The summed E-state index contributed by atoms with van der Waals surface area (Å²) in [7, 11) is -0.644. The second kappa shape index (κ2) is 6.25. The molecule has 1 fully saturated rings. The van der Waals surface area contributed by atoms with Crippen LogP contribution in [0.3, 0.4) is 0 Å². The summed E-state index contributed by atoms with van der Waals surface area (Å²) in [5.41, 5.74) is 3.09. The molecule has 0 aliphatic carbocycles. The zero-order chi connectivity index (χ0) is 15.6. The fourth-order valence-corrected chi connectivity index (χ4v) is 4.35. The van der Waals surface area contributed by atoms with E-state index in [1.54, 1.807) is 11.3 Å². The number of nitrogens with zero attached hydrogens (tertiary/aromatic N) is 3. The summed E-state index contributed by atoms with van der Waals surface area (Å²) in [5.74, 6) is 2.13. The minimum absolute atomic E-state index is 0.608. The molecule has 1 aromatic carbocycles. The van der Waals surface area contributed by atoms with Crippen molar-refractivity contribution in [3.05, 3.63) is 41.9 Å². The second-order valence-electron chi connectivity index (χ2n) is 5.37. The summed E-state index contributed by atoms with van der Waals surface area (Å²) < 4.78 is 12.5. The maximum Gasteiger partial charge on any atom is 0.227 e. The highest BCUT2D eigenvalue weighted by Crippen LogP contribution is 2.23. The average Bonchev–Trinajstić information content (AvgIpc) is 3.04. The largest absolute Gasteiger partial charge is 0.370 e. The fraction of sp³-hybridized carbons (Fsp3) is 0.250. The van der Waals surface area contributed by atoms with Crippen LogP contribution >= 0.6 is 11.3 Å². The van der Waals surface area contributed by atoms with Gasteiger partial charge in [-0.05, 0) is 35.7 Å². The highest BCUT2D eigenvalue weighted by atomic mass is 32.2. The molecule has 1 saturated heterocycles. The lowest BCUT2D eigenvalue weighted by Gasteiger charge is -2.28. The molecule has 0 amide bonds. The minimum Gasteiger partial charge on any atom is -0.370 e. The van der Waals surface area contributed by atoms with Crippen LogP contribution in [0.15, 0.2) is 41.9 Å². The van der Waals surface area contributed by atoms with E-state index in [1.807, 2.05) is 29.8 Å². The first-order valence-corrected chi connectivity index (χ1v) is 9.82. The molecular formula is C16H16N4OS2. The molecule has 1 N–H and O–H groups in total. The van der Waals surface area contributed by atoms with Gasteiger partial charge in [-0.2, -0.15) is 0 Å². The van der Waals surface area contributed by atoms with Gasteiger partial charge < -0.3 is 10.2 Å². The van der Waals surface area contributed by atoms with E-state index in [0.29, 0.717) is 5.95 Å². The van der Waals surface area contributed by atoms with Crippen LogP contribution in [-0.2, 0) is 10.8 Å². The Labute approximate surface area is 140 Å². The SMILES string of the molecule is O=S1CCN(c2ccc(Nc3ncc4sccc4n3)cc2)CC1. The summed E-state index contributed by atoms with van der Waals surface area (Å²) >= 11 is 1.64. The van der Waals surface area contributed by atoms with Gasteiger partial charge in [0, 0.05) is 46.8 Å². The Bertz CT molecular complexity index is 837. The van der Waals surface area contributed by atoms with Crippen LogP contribution in [0.2, 0.25) is 0 Å². The van der Waals surface area contributed by atoms with Crippen LogP contribution in [-0.4, -0.2) is 38.8 Å². The van der Waals surface area contributed by atoms with Crippen molar-refractivity contribution < 1.29 is 4.21 Å². The van der Waals surface area contributed by atoms with Gasteiger partial charge in [-0.3, -0.25) is 4.21 Å².